The number of rotatable bonds is 4. The predicted molar refractivity (Wildman–Crippen MR) is 78.3 cm³/mol. The van der Waals surface area contributed by atoms with Crippen molar-refractivity contribution in [2.45, 2.75) is 25.9 Å². The minimum Gasteiger partial charge on any atom is -0.335 e. The van der Waals surface area contributed by atoms with Gasteiger partial charge in [-0.2, -0.15) is 0 Å². The second-order valence-corrected chi connectivity index (χ2v) is 7.47. The number of thiophene rings is 1. The van der Waals surface area contributed by atoms with E-state index in [1.54, 1.807) is 11.3 Å². The SMILES string of the molecule is CCn1ccnc1CC(N)c1cc(Br)sc1Br. The monoisotopic (exact) mass is 377 g/mol. The molecule has 6 heteroatoms. The molecule has 92 valence electrons. The van der Waals surface area contributed by atoms with Crippen LogP contribution in [0.15, 0.2) is 26.0 Å². The number of aryl methyl sites for hydroxylation is 1. The molecular weight excluding hydrogens is 366 g/mol. The van der Waals surface area contributed by atoms with E-state index in [0.717, 1.165) is 31.9 Å². The fraction of sp³-hybridized carbons (Fsp3) is 0.364. The maximum Gasteiger partial charge on any atom is 0.110 e. The van der Waals surface area contributed by atoms with Crippen molar-refractivity contribution in [2.75, 3.05) is 0 Å². The molecular formula is C11H13Br2N3S. The van der Waals surface area contributed by atoms with E-state index in [4.69, 9.17) is 5.73 Å². The number of aromatic nitrogens is 2. The van der Waals surface area contributed by atoms with Gasteiger partial charge in [0.2, 0.25) is 0 Å². The third-order valence-corrected chi connectivity index (χ3v) is 5.01. The fourth-order valence-electron chi connectivity index (χ4n) is 1.73. The molecule has 0 amide bonds. The third-order valence-electron chi connectivity index (χ3n) is 2.63. The summed E-state index contributed by atoms with van der Waals surface area (Å²) in [5, 5.41) is 0. The van der Waals surface area contributed by atoms with Gasteiger partial charge < -0.3 is 10.3 Å². The highest BCUT2D eigenvalue weighted by Gasteiger charge is 2.15. The summed E-state index contributed by atoms with van der Waals surface area (Å²) in [6.45, 7) is 3.03. The highest BCUT2D eigenvalue weighted by atomic mass is 79.9. The van der Waals surface area contributed by atoms with Crippen LogP contribution in [0.25, 0.3) is 0 Å². The van der Waals surface area contributed by atoms with E-state index in [1.807, 2.05) is 12.4 Å². The molecule has 0 aliphatic heterocycles. The first-order valence-corrected chi connectivity index (χ1v) is 7.72. The average Bonchev–Trinajstić information content (AvgIpc) is 2.84. The van der Waals surface area contributed by atoms with Gasteiger partial charge in [-0.3, -0.25) is 0 Å². The van der Waals surface area contributed by atoms with E-state index in [1.165, 1.54) is 0 Å². The third kappa shape index (κ3) is 2.99. The summed E-state index contributed by atoms with van der Waals surface area (Å²) in [6, 6.07) is 2.04. The molecule has 2 heterocycles. The Morgan fingerprint density at radius 2 is 2.29 bits per heavy atom. The van der Waals surface area contributed by atoms with Crippen LogP contribution < -0.4 is 5.73 Å². The molecule has 0 spiro atoms. The first-order chi connectivity index (χ1) is 8.11. The lowest BCUT2D eigenvalue weighted by Crippen LogP contribution is -2.16. The van der Waals surface area contributed by atoms with Crippen LogP contribution >= 0.6 is 43.2 Å². The molecule has 0 aliphatic carbocycles. The zero-order chi connectivity index (χ0) is 12.4. The van der Waals surface area contributed by atoms with E-state index in [2.05, 4.69) is 54.4 Å². The summed E-state index contributed by atoms with van der Waals surface area (Å²) in [7, 11) is 0. The summed E-state index contributed by atoms with van der Waals surface area (Å²) in [4.78, 5) is 4.35. The molecule has 3 nitrogen and oxygen atoms in total. The van der Waals surface area contributed by atoms with Crippen LogP contribution in [-0.4, -0.2) is 9.55 Å². The van der Waals surface area contributed by atoms with Gasteiger partial charge in [0, 0.05) is 31.4 Å². The minimum absolute atomic E-state index is 0.0281. The molecule has 0 saturated carbocycles. The van der Waals surface area contributed by atoms with Crippen LogP contribution in [-0.2, 0) is 13.0 Å². The molecule has 0 aromatic carbocycles. The van der Waals surface area contributed by atoms with Crippen molar-refractivity contribution < 1.29 is 0 Å². The molecule has 2 rings (SSSR count). The van der Waals surface area contributed by atoms with Gasteiger partial charge in [0.1, 0.15) is 5.82 Å². The standard InChI is InChI=1S/C11H13Br2N3S/c1-2-16-4-3-15-10(16)6-8(14)7-5-9(12)17-11(7)13/h3-5,8H,2,6,14H2,1H3. The summed E-state index contributed by atoms with van der Waals surface area (Å²) >= 11 is 8.65. The lowest BCUT2D eigenvalue weighted by molar-refractivity contribution is 0.628. The van der Waals surface area contributed by atoms with Crippen molar-refractivity contribution in [3.63, 3.8) is 0 Å². The average molecular weight is 379 g/mol. The number of imidazole rings is 1. The highest BCUT2D eigenvalue weighted by molar-refractivity contribution is 9.12. The van der Waals surface area contributed by atoms with E-state index in [0.29, 0.717) is 0 Å². The van der Waals surface area contributed by atoms with Crippen LogP contribution in [0.5, 0.6) is 0 Å². The molecule has 2 aromatic heterocycles. The van der Waals surface area contributed by atoms with Crippen molar-refractivity contribution in [2.24, 2.45) is 5.73 Å². The molecule has 2 aromatic rings. The Morgan fingerprint density at radius 1 is 1.53 bits per heavy atom. The van der Waals surface area contributed by atoms with E-state index in [9.17, 15) is 0 Å². The van der Waals surface area contributed by atoms with Crippen LogP contribution in [0.1, 0.15) is 24.4 Å². The van der Waals surface area contributed by atoms with Crippen molar-refractivity contribution in [3.8, 4) is 0 Å². The van der Waals surface area contributed by atoms with Gasteiger partial charge in [0.25, 0.3) is 0 Å². The second kappa shape index (κ2) is 5.65. The van der Waals surface area contributed by atoms with Gasteiger partial charge in [0.05, 0.1) is 7.57 Å². The van der Waals surface area contributed by atoms with E-state index < -0.39 is 0 Å². The van der Waals surface area contributed by atoms with E-state index in [-0.39, 0.29) is 6.04 Å². The van der Waals surface area contributed by atoms with Crippen molar-refractivity contribution in [3.05, 3.63) is 37.4 Å². The number of hydrogen-bond acceptors (Lipinski definition) is 3. The fourth-order valence-corrected chi connectivity index (χ4v) is 4.73. The van der Waals surface area contributed by atoms with Gasteiger partial charge in [-0.15, -0.1) is 11.3 Å². The topological polar surface area (TPSA) is 43.8 Å². The summed E-state index contributed by atoms with van der Waals surface area (Å²) in [5.74, 6) is 1.04. The van der Waals surface area contributed by atoms with Crippen LogP contribution in [0, 0.1) is 0 Å². The molecule has 0 bridgehead atoms. The Labute approximate surface area is 121 Å². The molecule has 0 fully saturated rings. The van der Waals surface area contributed by atoms with Gasteiger partial charge in [0.15, 0.2) is 0 Å². The Morgan fingerprint density at radius 3 is 2.88 bits per heavy atom. The van der Waals surface area contributed by atoms with Crippen LogP contribution in [0.4, 0.5) is 0 Å². The van der Waals surface area contributed by atoms with Gasteiger partial charge in [-0.1, -0.05) is 0 Å². The van der Waals surface area contributed by atoms with Crippen LogP contribution in [0.3, 0.4) is 0 Å². The maximum atomic E-state index is 6.23. The van der Waals surface area contributed by atoms with Crippen molar-refractivity contribution in [1.82, 2.24) is 9.55 Å². The number of hydrogen-bond donors (Lipinski definition) is 1. The summed E-state index contributed by atoms with van der Waals surface area (Å²) < 4.78 is 4.30. The number of halogens is 2. The quantitative estimate of drug-likeness (QED) is 0.880. The lowest BCUT2D eigenvalue weighted by atomic mass is 10.1. The molecule has 1 unspecified atom stereocenters. The molecule has 0 aliphatic rings. The molecule has 0 saturated heterocycles. The Hall–Kier alpha value is -0.170. The zero-order valence-electron chi connectivity index (χ0n) is 9.36. The molecule has 17 heavy (non-hydrogen) atoms. The first-order valence-electron chi connectivity index (χ1n) is 5.32. The van der Waals surface area contributed by atoms with Gasteiger partial charge >= 0.3 is 0 Å². The Bertz CT molecular complexity index is 507. The molecule has 1 atom stereocenters. The number of nitrogens with zero attached hydrogens (tertiary/aromatic N) is 2. The molecule has 2 N–H and O–H groups in total. The largest absolute Gasteiger partial charge is 0.335 e. The second-order valence-electron chi connectivity index (χ2n) is 3.72. The Kier molecular flexibility index (Phi) is 4.41. The molecule has 0 radical (unpaired) electrons. The smallest absolute Gasteiger partial charge is 0.110 e. The summed E-state index contributed by atoms with van der Waals surface area (Å²) in [5.41, 5.74) is 7.36. The Balaban J connectivity index is 2.17. The normalized spacial score (nSPS) is 12.9. The first kappa shape index (κ1) is 13.3. The van der Waals surface area contributed by atoms with Gasteiger partial charge in [-0.05, 0) is 50.4 Å². The summed E-state index contributed by atoms with van der Waals surface area (Å²) in [6.07, 6.45) is 4.56. The van der Waals surface area contributed by atoms with Crippen molar-refractivity contribution >= 4 is 43.2 Å². The predicted octanol–water partition coefficient (Wildman–Crippen LogP) is 3.73. The highest BCUT2D eigenvalue weighted by Crippen LogP contribution is 2.35. The minimum atomic E-state index is -0.0281. The van der Waals surface area contributed by atoms with Crippen LogP contribution in [0.2, 0.25) is 0 Å². The van der Waals surface area contributed by atoms with E-state index >= 15 is 0 Å². The maximum absolute atomic E-state index is 6.23. The zero-order valence-corrected chi connectivity index (χ0v) is 13.3. The van der Waals surface area contributed by atoms with Gasteiger partial charge in [-0.25, -0.2) is 4.98 Å². The number of nitrogens with two attached hydrogens (primary N) is 1. The van der Waals surface area contributed by atoms with Crippen molar-refractivity contribution in [1.29, 1.82) is 0 Å². The lowest BCUT2D eigenvalue weighted by Gasteiger charge is -2.11.